The molecule has 0 aromatic heterocycles. The molecule has 1 aliphatic carbocycles. The van der Waals surface area contributed by atoms with Gasteiger partial charge in [-0.15, -0.1) is 0 Å². The van der Waals surface area contributed by atoms with Gasteiger partial charge in [0.05, 0.1) is 10.5 Å². The number of carbonyl (C=O) groups is 1. The van der Waals surface area contributed by atoms with E-state index in [-0.39, 0.29) is 33.3 Å². The maximum Gasteiger partial charge on any atom is 0.344 e. The number of carbonyl (C=O) groups excluding carboxylic acids is 1. The predicted molar refractivity (Wildman–Crippen MR) is 81.4 cm³/mol. The molecule has 3 atom stereocenters. The maximum atomic E-state index is 13.5. The third-order valence-corrected chi connectivity index (χ3v) is 4.98. The van der Waals surface area contributed by atoms with E-state index >= 15 is 0 Å². The largest absolute Gasteiger partial charge is 0.422 e. The van der Waals surface area contributed by atoms with E-state index in [2.05, 4.69) is 15.9 Å². The van der Waals surface area contributed by atoms with Gasteiger partial charge in [-0.2, -0.15) is 0 Å². The highest BCUT2D eigenvalue weighted by Gasteiger charge is 2.35. The highest BCUT2D eigenvalue weighted by molar-refractivity contribution is 9.09. The fraction of sp³-hybridized carbons (Fsp3) is 0.400. The maximum absolute atomic E-state index is 13.5. The number of halogens is 2. The van der Waals surface area contributed by atoms with E-state index in [9.17, 15) is 19.3 Å². The van der Waals surface area contributed by atoms with Gasteiger partial charge >= 0.3 is 5.97 Å². The third-order valence-electron chi connectivity index (χ3n) is 4.03. The van der Waals surface area contributed by atoms with Crippen LogP contribution in [-0.2, 0) is 4.74 Å². The van der Waals surface area contributed by atoms with E-state index in [0.29, 0.717) is 19.3 Å². The zero-order chi connectivity index (χ0) is 15.9. The molecule has 0 N–H and O–H groups in total. The van der Waals surface area contributed by atoms with Crippen LogP contribution in [0, 0.1) is 16.0 Å². The van der Waals surface area contributed by atoms with Crippen LogP contribution in [0.15, 0.2) is 24.3 Å². The molecule has 1 aliphatic heterocycles. The number of nitro benzene ring substituents is 1. The predicted octanol–water partition coefficient (Wildman–Crippen LogP) is 4.01. The minimum atomic E-state index is -0.887. The Balaban J connectivity index is 1.97. The first-order valence-electron chi connectivity index (χ1n) is 6.97. The Bertz CT molecular complexity index is 676. The standard InChI is InChI=1S/C15H13BrFNO4/c16-10-6-8(4-5-11(10)17)7-13-14-9(15(19)22-13)2-1-3-12(14)18(20)21/h1-3,7-8,10-11H,4-6H2/b13-7-. The van der Waals surface area contributed by atoms with Crippen molar-refractivity contribution in [2.24, 2.45) is 5.92 Å². The minimum Gasteiger partial charge on any atom is -0.422 e. The van der Waals surface area contributed by atoms with Crippen molar-refractivity contribution in [3.05, 3.63) is 45.5 Å². The summed E-state index contributed by atoms with van der Waals surface area (Å²) in [7, 11) is 0. The van der Waals surface area contributed by atoms with Crippen molar-refractivity contribution in [3.63, 3.8) is 0 Å². The highest BCUT2D eigenvalue weighted by Crippen LogP contribution is 2.40. The van der Waals surface area contributed by atoms with Gasteiger partial charge in [0.25, 0.3) is 5.69 Å². The first-order chi connectivity index (χ1) is 10.5. The van der Waals surface area contributed by atoms with Crippen LogP contribution in [0.2, 0.25) is 0 Å². The molecular formula is C15H13BrFNO4. The summed E-state index contributed by atoms with van der Waals surface area (Å²) in [5, 5.41) is 11.2. The van der Waals surface area contributed by atoms with Crippen molar-refractivity contribution in [1.29, 1.82) is 0 Å². The Morgan fingerprint density at radius 3 is 2.86 bits per heavy atom. The average molecular weight is 370 g/mol. The molecule has 1 saturated carbocycles. The number of rotatable bonds is 2. The average Bonchev–Trinajstić information content (AvgIpc) is 2.79. The van der Waals surface area contributed by atoms with Crippen LogP contribution in [0.3, 0.4) is 0 Å². The Labute approximate surface area is 134 Å². The summed E-state index contributed by atoms with van der Waals surface area (Å²) in [6.07, 6.45) is 2.44. The van der Waals surface area contributed by atoms with Gasteiger partial charge in [-0.1, -0.05) is 22.0 Å². The number of nitro groups is 1. The third kappa shape index (κ3) is 2.65. The van der Waals surface area contributed by atoms with Crippen LogP contribution in [-0.4, -0.2) is 21.9 Å². The van der Waals surface area contributed by atoms with Crippen molar-refractivity contribution >= 4 is 33.3 Å². The van der Waals surface area contributed by atoms with Gasteiger partial charge in [-0.25, -0.2) is 9.18 Å². The lowest BCUT2D eigenvalue weighted by molar-refractivity contribution is -0.385. The number of alkyl halides is 2. The summed E-state index contributed by atoms with van der Waals surface area (Å²) >= 11 is 3.30. The van der Waals surface area contributed by atoms with Crippen LogP contribution >= 0.6 is 15.9 Å². The fourth-order valence-corrected chi connectivity index (χ4v) is 3.66. The summed E-state index contributed by atoms with van der Waals surface area (Å²) in [6.45, 7) is 0. The zero-order valence-electron chi connectivity index (χ0n) is 11.5. The van der Waals surface area contributed by atoms with Gasteiger partial charge in [0, 0.05) is 10.9 Å². The zero-order valence-corrected chi connectivity index (χ0v) is 13.1. The van der Waals surface area contributed by atoms with E-state index < -0.39 is 17.1 Å². The smallest absolute Gasteiger partial charge is 0.344 e. The molecule has 1 aromatic rings. The number of nitrogens with zero attached hydrogens (tertiary/aromatic N) is 1. The van der Waals surface area contributed by atoms with Gasteiger partial charge in [-0.05, 0) is 37.3 Å². The minimum absolute atomic E-state index is 0.0185. The number of cyclic esters (lactones) is 1. The molecule has 7 heteroatoms. The summed E-state index contributed by atoms with van der Waals surface area (Å²) in [5.41, 5.74) is 0.283. The molecule has 0 saturated heterocycles. The van der Waals surface area contributed by atoms with Gasteiger partial charge in [0.1, 0.15) is 17.5 Å². The van der Waals surface area contributed by atoms with E-state index in [1.807, 2.05) is 0 Å². The first kappa shape index (κ1) is 15.1. The monoisotopic (exact) mass is 369 g/mol. The second kappa shape index (κ2) is 5.79. The molecule has 3 unspecified atom stereocenters. The van der Waals surface area contributed by atoms with Crippen LogP contribution < -0.4 is 0 Å². The lowest BCUT2D eigenvalue weighted by atomic mass is 9.87. The quantitative estimate of drug-likeness (QED) is 0.341. The van der Waals surface area contributed by atoms with E-state index in [0.717, 1.165) is 0 Å². The van der Waals surface area contributed by atoms with E-state index in [1.165, 1.54) is 18.2 Å². The number of benzene rings is 1. The molecule has 0 amide bonds. The number of ether oxygens (including phenoxy) is 1. The summed E-state index contributed by atoms with van der Waals surface area (Å²) in [6, 6.07) is 4.32. The normalized spacial score (nSPS) is 29.3. The molecule has 2 aliphatic rings. The lowest BCUT2D eigenvalue weighted by Gasteiger charge is -2.26. The Morgan fingerprint density at radius 2 is 2.18 bits per heavy atom. The molecule has 1 fully saturated rings. The Hall–Kier alpha value is -1.76. The number of fused-ring (bicyclic) bond motifs is 1. The van der Waals surface area contributed by atoms with Crippen LogP contribution in [0.5, 0.6) is 0 Å². The summed E-state index contributed by atoms with van der Waals surface area (Å²) < 4.78 is 18.7. The molecule has 0 radical (unpaired) electrons. The number of hydrogen-bond donors (Lipinski definition) is 0. The molecule has 116 valence electrons. The molecule has 0 spiro atoms. The van der Waals surface area contributed by atoms with E-state index in [4.69, 9.17) is 4.74 Å². The van der Waals surface area contributed by atoms with Crippen molar-refractivity contribution < 1.29 is 18.8 Å². The Morgan fingerprint density at radius 1 is 1.41 bits per heavy atom. The van der Waals surface area contributed by atoms with Crippen molar-refractivity contribution in [2.45, 2.75) is 30.3 Å². The Kier molecular flexibility index (Phi) is 3.99. The van der Waals surface area contributed by atoms with Gasteiger partial charge in [-0.3, -0.25) is 10.1 Å². The molecule has 22 heavy (non-hydrogen) atoms. The second-order valence-corrected chi connectivity index (χ2v) is 6.66. The highest BCUT2D eigenvalue weighted by atomic mass is 79.9. The van der Waals surface area contributed by atoms with Gasteiger partial charge in [0.15, 0.2) is 0 Å². The van der Waals surface area contributed by atoms with Crippen LogP contribution in [0.4, 0.5) is 10.1 Å². The van der Waals surface area contributed by atoms with E-state index in [1.54, 1.807) is 6.08 Å². The van der Waals surface area contributed by atoms with Crippen molar-refractivity contribution in [2.75, 3.05) is 0 Å². The lowest BCUT2D eigenvalue weighted by Crippen LogP contribution is -2.25. The summed E-state index contributed by atoms with van der Waals surface area (Å²) in [4.78, 5) is 22.2. The van der Waals surface area contributed by atoms with Crippen molar-refractivity contribution in [1.82, 2.24) is 0 Å². The molecule has 1 aromatic carbocycles. The number of hydrogen-bond acceptors (Lipinski definition) is 4. The number of esters is 1. The first-order valence-corrected chi connectivity index (χ1v) is 7.89. The van der Waals surface area contributed by atoms with Gasteiger partial charge in [0.2, 0.25) is 0 Å². The molecule has 5 nitrogen and oxygen atoms in total. The van der Waals surface area contributed by atoms with Crippen LogP contribution in [0.1, 0.15) is 35.2 Å². The molecule has 1 heterocycles. The van der Waals surface area contributed by atoms with Gasteiger partial charge < -0.3 is 4.74 Å². The SMILES string of the molecule is O=C1O/C(=C\C2CCC(F)C(Br)C2)c2c1cccc2[N+](=O)[O-]. The topological polar surface area (TPSA) is 69.4 Å². The summed E-state index contributed by atoms with van der Waals surface area (Å²) in [5.74, 6) is -0.348. The van der Waals surface area contributed by atoms with Crippen molar-refractivity contribution in [3.8, 4) is 0 Å². The molecule has 0 bridgehead atoms. The van der Waals surface area contributed by atoms with Crippen LogP contribution in [0.25, 0.3) is 5.76 Å². The fourth-order valence-electron chi connectivity index (χ4n) is 2.92. The number of allylic oxidation sites excluding steroid dienone is 1. The second-order valence-electron chi connectivity index (χ2n) is 5.48. The molecular weight excluding hydrogens is 357 g/mol. The molecule has 3 rings (SSSR count).